The highest BCUT2D eigenvalue weighted by molar-refractivity contribution is 9.10. The van der Waals surface area contributed by atoms with Gasteiger partial charge in [-0.05, 0) is 28.1 Å². The van der Waals surface area contributed by atoms with E-state index in [1.807, 2.05) is 18.2 Å². The van der Waals surface area contributed by atoms with Gasteiger partial charge in [-0.3, -0.25) is 4.90 Å². The Morgan fingerprint density at radius 3 is 2.77 bits per heavy atom. The lowest BCUT2D eigenvalue weighted by atomic mass is 10.1. The molecule has 2 aromatic rings. The lowest BCUT2D eigenvalue weighted by Crippen LogP contribution is -2.31. The Morgan fingerprint density at radius 1 is 1.23 bits per heavy atom. The zero-order valence-electron chi connectivity index (χ0n) is 11.4. The summed E-state index contributed by atoms with van der Waals surface area (Å²) in [5, 5.41) is 0. The number of fused-ring (bicyclic) bond motifs is 1. The molecule has 2 aromatic heterocycles. The number of hydrogen-bond acceptors (Lipinski definition) is 4. The van der Waals surface area contributed by atoms with Gasteiger partial charge in [-0.1, -0.05) is 6.07 Å². The monoisotopic (exact) mass is 372 g/mol. The van der Waals surface area contributed by atoms with Crippen LogP contribution in [0.25, 0.3) is 0 Å². The molecule has 3 rings (SSSR count). The maximum Gasteiger partial charge on any atom is 0.451 e. The second kappa shape index (κ2) is 5.92. The largest absolute Gasteiger partial charge is 0.451 e. The molecule has 22 heavy (non-hydrogen) atoms. The highest BCUT2D eigenvalue weighted by Gasteiger charge is 2.35. The van der Waals surface area contributed by atoms with E-state index < -0.39 is 12.0 Å². The zero-order valence-corrected chi connectivity index (χ0v) is 13.0. The van der Waals surface area contributed by atoms with Gasteiger partial charge in [0.05, 0.1) is 11.4 Å². The summed E-state index contributed by atoms with van der Waals surface area (Å²) in [6.45, 7) is 1.82. The molecule has 3 heterocycles. The van der Waals surface area contributed by atoms with Crippen molar-refractivity contribution in [2.75, 3.05) is 6.54 Å². The number of nitrogens with zero attached hydrogens (tertiary/aromatic N) is 4. The third-order valence-corrected chi connectivity index (χ3v) is 3.87. The molecule has 0 radical (unpaired) electrons. The SMILES string of the molecule is FC(F)(F)c1ncc2c(n1)CCN(Cc1cccc(Br)n1)C2. The second-order valence-corrected chi connectivity index (χ2v) is 5.89. The van der Waals surface area contributed by atoms with Gasteiger partial charge in [-0.25, -0.2) is 15.0 Å². The molecule has 0 amide bonds. The van der Waals surface area contributed by atoms with Crippen molar-refractivity contribution in [2.24, 2.45) is 0 Å². The number of aromatic nitrogens is 3. The standard InChI is InChI=1S/C14H12BrF3N4/c15-12-3-1-2-10(20-12)8-22-5-4-11-9(7-22)6-19-13(21-11)14(16,17)18/h1-3,6H,4-5,7-8H2. The van der Waals surface area contributed by atoms with Crippen molar-refractivity contribution in [1.29, 1.82) is 0 Å². The van der Waals surface area contributed by atoms with Gasteiger partial charge in [-0.15, -0.1) is 0 Å². The Balaban J connectivity index is 1.74. The minimum Gasteiger partial charge on any atom is -0.293 e. The lowest BCUT2D eigenvalue weighted by Gasteiger charge is -2.27. The van der Waals surface area contributed by atoms with Crippen LogP contribution in [0.2, 0.25) is 0 Å². The summed E-state index contributed by atoms with van der Waals surface area (Å²) in [4.78, 5) is 13.6. The Kier molecular flexibility index (Phi) is 4.14. The molecule has 116 valence electrons. The highest BCUT2D eigenvalue weighted by Crippen LogP contribution is 2.28. The van der Waals surface area contributed by atoms with Gasteiger partial charge in [-0.2, -0.15) is 13.2 Å². The van der Waals surface area contributed by atoms with Crippen LogP contribution in [0.15, 0.2) is 29.0 Å². The molecular weight excluding hydrogens is 361 g/mol. The van der Waals surface area contributed by atoms with Crippen molar-refractivity contribution in [3.8, 4) is 0 Å². The Labute approximate surface area is 133 Å². The van der Waals surface area contributed by atoms with Crippen molar-refractivity contribution in [3.63, 3.8) is 0 Å². The second-order valence-electron chi connectivity index (χ2n) is 5.08. The Morgan fingerprint density at radius 2 is 2.05 bits per heavy atom. The minimum absolute atomic E-state index is 0.481. The van der Waals surface area contributed by atoms with E-state index in [4.69, 9.17) is 0 Å². The fraction of sp³-hybridized carbons (Fsp3) is 0.357. The highest BCUT2D eigenvalue weighted by atomic mass is 79.9. The van der Waals surface area contributed by atoms with Crippen molar-refractivity contribution in [1.82, 2.24) is 19.9 Å². The molecule has 0 saturated heterocycles. The van der Waals surface area contributed by atoms with Gasteiger partial charge in [0.1, 0.15) is 4.60 Å². The summed E-state index contributed by atoms with van der Waals surface area (Å²) in [6.07, 6.45) is -2.73. The van der Waals surface area contributed by atoms with Gasteiger partial charge >= 0.3 is 6.18 Å². The predicted molar refractivity (Wildman–Crippen MR) is 76.8 cm³/mol. The van der Waals surface area contributed by atoms with Crippen LogP contribution in [-0.2, 0) is 25.7 Å². The van der Waals surface area contributed by atoms with Gasteiger partial charge < -0.3 is 0 Å². The van der Waals surface area contributed by atoms with E-state index in [1.165, 1.54) is 6.20 Å². The van der Waals surface area contributed by atoms with Crippen LogP contribution in [0.3, 0.4) is 0 Å². The molecular formula is C14H12BrF3N4. The van der Waals surface area contributed by atoms with E-state index in [1.54, 1.807) is 0 Å². The normalized spacial score (nSPS) is 15.6. The number of rotatable bonds is 2. The molecule has 0 spiro atoms. The van der Waals surface area contributed by atoms with Gasteiger partial charge in [0.25, 0.3) is 0 Å². The van der Waals surface area contributed by atoms with Crippen LogP contribution >= 0.6 is 15.9 Å². The summed E-state index contributed by atoms with van der Waals surface area (Å²) in [5.74, 6) is -1.06. The molecule has 1 aliphatic rings. The number of halogens is 4. The molecule has 0 bridgehead atoms. The van der Waals surface area contributed by atoms with E-state index in [2.05, 4.69) is 35.8 Å². The maximum absolute atomic E-state index is 12.6. The van der Waals surface area contributed by atoms with Crippen LogP contribution in [-0.4, -0.2) is 26.4 Å². The number of alkyl halides is 3. The van der Waals surface area contributed by atoms with Crippen molar-refractivity contribution in [3.05, 3.63) is 51.8 Å². The van der Waals surface area contributed by atoms with Crippen LogP contribution < -0.4 is 0 Å². The Hall–Kier alpha value is -1.54. The first-order chi connectivity index (χ1) is 10.4. The molecule has 0 fully saturated rings. The summed E-state index contributed by atoms with van der Waals surface area (Å²) in [7, 11) is 0. The third-order valence-electron chi connectivity index (χ3n) is 3.42. The topological polar surface area (TPSA) is 41.9 Å². The maximum atomic E-state index is 12.6. The number of pyridine rings is 1. The summed E-state index contributed by atoms with van der Waals surface area (Å²) >= 11 is 3.32. The van der Waals surface area contributed by atoms with E-state index in [9.17, 15) is 13.2 Å². The van der Waals surface area contributed by atoms with Crippen LogP contribution in [0, 0.1) is 0 Å². The van der Waals surface area contributed by atoms with Crippen molar-refractivity contribution < 1.29 is 13.2 Å². The number of hydrogen-bond donors (Lipinski definition) is 0. The average molecular weight is 373 g/mol. The fourth-order valence-electron chi connectivity index (χ4n) is 2.41. The quantitative estimate of drug-likeness (QED) is 0.759. The van der Waals surface area contributed by atoms with Gasteiger partial charge in [0.2, 0.25) is 5.82 Å². The van der Waals surface area contributed by atoms with Gasteiger partial charge in [0.15, 0.2) is 0 Å². The van der Waals surface area contributed by atoms with E-state index in [0.29, 0.717) is 31.7 Å². The van der Waals surface area contributed by atoms with E-state index in [-0.39, 0.29) is 0 Å². The zero-order chi connectivity index (χ0) is 15.7. The average Bonchev–Trinajstić information content (AvgIpc) is 2.45. The lowest BCUT2D eigenvalue weighted by molar-refractivity contribution is -0.145. The molecule has 0 saturated carbocycles. The smallest absolute Gasteiger partial charge is 0.293 e. The molecule has 0 aliphatic carbocycles. The first-order valence-corrected chi connectivity index (χ1v) is 7.47. The van der Waals surface area contributed by atoms with Crippen LogP contribution in [0.4, 0.5) is 13.2 Å². The Bertz CT molecular complexity index is 690. The summed E-state index contributed by atoms with van der Waals surface area (Å²) in [6, 6.07) is 5.67. The molecule has 4 nitrogen and oxygen atoms in total. The fourth-order valence-corrected chi connectivity index (χ4v) is 2.79. The first kappa shape index (κ1) is 15.4. The molecule has 0 atom stereocenters. The van der Waals surface area contributed by atoms with Crippen LogP contribution in [0.1, 0.15) is 22.8 Å². The summed E-state index contributed by atoms with van der Waals surface area (Å²) in [5.41, 5.74) is 2.14. The van der Waals surface area contributed by atoms with Gasteiger partial charge in [0, 0.05) is 37.8 Å². The van der Waals surface area contributed by atoms with E-state index >= 15 is 0 Å². The molecule has 0 N–H and O–H groups in total. The minimum atomic E-state index is -4.49. The van der Waals surface area contributed by atoms with Crippen molar-refractivity contribution >= 4 is 15.9 Å². The molecule has 0 aromatic carbocycles. The molecule has 0 unspecified atom stereocenters. The summed E-state index contributed by atoms with van der Waals surface area (Å²) < 4.78 is 38.6. The third kappa shape index (κ3) is 3.44. The van der Waals surface area contributed by atoms with Crippen LogP contribution in [0.5, 0.6) is 0 Å². The van der Waals surface area contributed by atoms with E-state index in [0.717, 1.165) is 15.9 Å². The van der Waals surface area contributed by atoms with Crippen molar-refractivity contribution in [2.45, 2.75) is 25.7 Å². The first-order valence-electron chi connectivity index (χ1n) is 6.67. The predicted octanol–water partition coefficient (Wildman–Crippen LogP) is 3.21. The molecule has 8 heteroatoms. The molecule has 1 aliphatic heterocycles.